The van der Waals surface area contributed by atoms with E-state index in [0.717, 1.165) is 34.9 Å². The van der Waals surface area contributed by atoms with E-state index in [-0.39, 0.29) is 23.7 Å². The molecule has 1 aromatic carbocycles. The van der Waals surface area contributed by atoms with Crippen molar-refractivity contribution < 1.29 is 14.6 Å². The topological polar surface area (TPSA) is 62.7 Å². The van der Waals surface area contributed by atoms with Gasteiger partial charge in [0.05, 0.1) is 34.1 Å². The summed E-state index contributed by atoms with van der Waals surface area (Å²) >= 11 is 1.54. The lowest BCUT2D eigenvalue weighted by molar-refractivity contribution is -0.133. The Morgan fingerprint density at radius 2 is 2.00 bits per heavy atom. The maximum atomic E-state index is 13.3. The Hall–Kier alpha value is -1.76. The maximum absolute atomic E-state index is 13.3. The molecule has 0 bridgehead atoms. The maximum Gasteiger partial charge on any atom is 0.175 e. The number of carbonyl (C=O) groups is 1. The zero-order valence-electron chi connectivity index (χ0n) is 15.9. The van der Waals surface area contributed by atoms with Crippen molar-refractivity contribution in [3.63, 3.8) is 0 Å². The molecule has 148 valence electrons. The van der Waals surface area contributed by atoms with Crippen LogP contribution >= 0.6 is 11.3 Å². The molecule has 4 atom stereocenters. The van der Waals surface area contributed by atoms with Crippen LogP contribution in [-0.4, -0.2) is 52.6 Å². The van der Waals surface area contributed by atoms with Crippen LogP contribution in [-0.2, 0) is 9.53 Å². The number of allylic oxidation sites excluding steroid dienone is 1. The summed E-state index contributed by atoms with van der Waals surface area (Å²) in [5.41, 5.74) is 1.51. The normalized spacial score (nSPS) is 31.3. The molecule has 28 heavy (non-hydrogen) atoms. The van der Waals surface area contributed by atoms with Gasteiger partial charge in [-0.25, -0.2) is 4.98 Å². The number of hydrogen-bond donors (Lipinski definition) is 1. The van der Waals surface area contributed by atoms with E-state index < -0.39 is 6.10 Å². The first-order valence-electron chi connectivity index (χ1n) is 10.4. The smallest absolute Gasteiger partial charge is 0.175 e. The van der Waals surface area contributed by atoms with Gasteiger partial charge in [-0.1, -0.05) is 18.6 Å². The quantitative estimate of drug-likeness (QED) is 0.858. The number of ether oxygens (including phenoxy) is 1. The number of piperidine rings is 1. The number of hydrogen-bond acceptors (Lipinski definition) is 6. The number of fused-ring (bicyclic) bond motifs is 2. The average Bonchev–Trinajstić information content (AvgIpc) is 3.15. The third-order valence-electron chi connectivity index (χ3n) is 6.47. The van der Waals surface area contributed by atoms with E-state index in [4.69, 9.17) is 4.74 Å². The third-order valence-corrected chi connectivity index (χ3v) is 7.54. The van der Waals surface area contributed by atoms with Gasteiger partial charge in [-0.3, -0.25) is 4.79 Å². The summed E-state index contributed by atoms with van der Waals surface area (Å²) in [6.07, 6.45) is 6.08. The molecule has 2 fully saturated rings. The number of nitrogens with zero attached hydrogens (tertiary/aromatic N) is 2. The summed E-state index contributed by atoms with van der Waals surface area (Å²) in [4.78, 5) is 20.4. The molecule has 2 aromatic rings. The fraction of sp³-hybridized carbons (Fsp3) is 0.545. The second kappa shape index (κ2) is 7.58. The van der Waals surface area contributed by atoms with Gasteiger partial charge < -0.3 is 14.7 Å². The lowest BCUT2D eigenvalue weighted by Crippen LogP contribution is -2.52. The standard InChI is InChI=1S/C22H26N2O3S/c25-18-9-8-14-20(26)16(22-23-17-6-2-3-7-19(17)28-22)13-27-21(14)15(18)12-24-10-4-1-5-11-24/h2-3,6-7,13-15,18,21,25H,1,4-5,8-12H2. The molecule has 5 nitrogen and oxygen atoms in total. The van der Waals surface area contributed by atoms with E-state index in [0.29, 0.717) is 18.4 Å². The number of ketones is 1. The molecule has 1 aromatic heterocycles. The number of thiazole rings is 1. The Morgan fingerprint density at radius 1 is 1.18 bits per heavy atom. The van der Waals surface area contributed by atoms with E-state index in [1.165, 1.54) is 30.6 Å². The van der Waals surface area contributed by atoms with Crippen molar-refractivity contribution >= 4 is 32.9 Å². The number of likely N-dealkylation sites (tertiary alicyclic amines) is 1. The monoisotopic (exact) mass is 398 g/mol. The summed E-state index contributed by atoms with van der Waals surface area (Å²) in [6.45, 7) is 2.99. The molecule has 1 N–H and O–H groups in total. The number of aliphatic hydroxyl groups excluding tert-OH is 1. The van der Waals surface area contributed by atoms with Crippen molar-refractivity contribution in [2.75, 3.05) is 19.6 Å². The minimum Gasteiger partial charge on any atom is -0.496 e. The number of Topliss-reactive ketones (excluding diaryl/α,β-unsaturated/α-hetero) is 1. The minimum absolute atomic E-state index is 0.00559. The van der Waals surface area contributed by atoms with Crippen molar-refractivity contribution in [2.45, 2.75) is 44.3 Å². The predicted molar refractivity (Wildman–Crippen MR) is 110 cm³/mol. The Kier molecular flexibility index (Phi) is 4.95. The molecule has 5 rings (SSSR count). The van der Waals surface area contributed by atoms with Crippen LogP contribution in [0.25, 0.3) is 15.8 Å². The summed E-state index contributed by atoms with van der Waals surface area (Å²) < 4.78 is 7.22. The SMILES string of the molecule is O=C1C(c2nc3ccccc3s2)=COC2C1CCC(O)C2CN1CCCCC1. The van der Waals surface area contributed by atoms with Crippen molar-refractivity contribution in [1.29, 1.82) is 0 Å². The van der Waals surface area contributed by atoms with Crippen LogP contribution in [0, 0.1) is 11.8 Å². The van der Waals surface area contributed by atoms with Gasteiger partial charge in [0.15, 0.2) is 5.78 Å². The van der Waals surface area contributed by atoms with E-state index >= 15 is 0 Å². The Morgan fingerprint density at radius 3 is 2.82 bits per heavy atom. The Labute approximate surface area is 169 Å². The highest BCUT2D eigenvalue weighted by Crippen LogP contribution is 2.41. The van der Waals surface area contributed by atoms with Gasteiger partial charge >= 0.3 is 0 Å². The van der Waals surface area contributed by atoms with Crippen molar-refractivity contribution in [3.8, 4) is 0 Å². The van der Waals surface area contributed by atoms with E-state index in [1.54, 1.807) is 6.26 Å². The fourth-order valence-electron chi connectivity index (χ4n) is 4.94. The van der Waals surface area contributed by atoms with Crippen LogP contribution in [0.3, 0.4) is 0 Å². The molecule has 1 saturated heterocycles. The number of para-hydroxylation sites is 1. The molecular formula is C22H26N2O3S. The first kappa shape index (κ1) is 18.3. The Bertz CT molecular complexity index is 869. The summed E-state index contributed by atoms with van der Waals surface area (Å²) in [5, 5.41) is 11.4. The van der Waals surface area contributed by atoms with Gasteiger partial charge in [0.2, 0.25) is 0 Å². The second-order valence-electron chi connectivity index (χ2n) is 8.26. The first-order valence-corrected chi connectivity index (χ1v) is 11.2. The van der Waals surface area contributed by atoms with E-state index in [1.807, 2.05) is 24.3 Å². The summed E-state index contributed by atoms with van der Waals surface area (Å²) in [5.74, 6) is -0.0509. The van der Waals surface area contributed by atoms with Gasteiger partial charge in [0.1, 0.15) is 11.1 Å². The predicted octanol–water partition coefficient (Wildman–Crippen LogP) is 3.48. The lowest BCUT2D eigenvalue weighted by atomic mass is 9.72. The molecule has 3 aliphatic rings. The molecule has 0 radical (unpaired) electrons. The summed E-state index contributed by atoms with van der Waals surface area (Å²) in [7, 11) is 0. The number of rotatable bonds is 3. The van der Waals surface area contributed by atoms with Crippen LogP contribution < -0.4 is 0 Å². The molecular weight excluding hydrogens is 372 g/mol. The van der Waals surface area contributed by atoms with Crippen LogP contribution in [0.4, 0.5) is 0 Å². The van der Waals surface area contributed by atoms with Gasteiger partial charge in [-0.2, -0.15) is 0 Å². The van der Waals surface area contributed by atoms with Gasteiger partial charge in [0, 0.05) is 12.5 Å². The summed E-state index contributed by atoms with van der Waals surface area (Å²) in [6, 6.07) is 7.95. The zero-order chi connectivity index (χ0) is 19.1. The lowest BCUT2D eigenvalue weighted by Gasteiger charge is -2.44. The minimum atomic E-state index is -0.395. The van der Waals surface area contributed by atoms with Crippen LogP contribution in [0.15, 0.2) is 30.5 Å². The van der Waals surface area contributed by atoms with Crippen LogP contribution in [0.1, 0.15) is 37.1 Å². The number of carbonyl (C=O) groups excluding carboxylic acids is 1. The molecule has 0 amide bonds. The molecule has 2 aliphatic heterocycles. The van der Waals surface area contributed by atoms with Gasteiger partial charge in [-0.15, -0.1) is 11.3 Å². The number of aromatic nitrogens is 1. The molecule has 6 heteroatoms. The molecule has 3 heterocycles. The van der Waals surface area contributed by atoms with Gasteiger partial charge in [0.25, 0.3) is 0 Å². The number of benzene rings is 1. The molecule has 1 saturated carbocycles. The zero-order valence-corrected chi connectivity index (χ0v) is 16.7. The third kappa shape index (κ3) is 3.27. The average molecular weight is 399 g/mol. The highest BCUT2D eigenvalue weighted by molar-refractivity contribution is 7.19. The first-order chi connectivity index (χ1) is 13.7. The molecule has 1 aliphatic carbocycles. The van der Waals surface area contributed by atoms with Crippen molar-refractivity contribution in [1.82, 2.24) is 9.88 Å². The Balaban J connectivity index is 1.40. The molecule has 4 unspecified atom stereocenters. The fourth-order valence-corrected chi connectivity index (χ4v) is 5.91. The van der Waals surface area contributed by atoms with Crippen LogP contribution in [0.2, 0.25) is 0 Å². The largest absolute Gasteiger partial charge is 0.496 e. The van der Waals surface area contributed by atoms with Crippen LogP contribution in [0.5, 0.6) is 0 Å². The highest BCUT2D eigenvalue weighted by Gasteiger charge is 2.47. The number of aliphatic hydroxyl groups is 1. The van der Waals surface area contributed by atoms with Crippen molar-refractivity contribution in [2.24, 2.45) is 11.8 Å². The molecule has 0 spiro atoms. The van der Waals surface area contributed by atoms with E-state index in [9.17, 15) is 9.90 Å². The van der Waals surface area contributed by atoms with E-state index in [2.05, 4.69) is 9.88 Å². The van der Waals surface area contributed by atoms with Crippen molar-refractivity contribution in [3.05, 3.63) is 35.5 Å². The second-order valence-corrected chi connectivity index (χ2v) is 9.29. The van der Waals surface area contributed by atoms with Gasteiger partial charge in [-0.05, 0) is 50.9 Å². The highest BCUT2D eigenvalue weighted by atomic mass is 32.1.